The lowest BCUT2D eigenvalue weighted by molar-refractivity contribution is -0.144. The van der Waals surface area contributed by atoms with E-state index in [0.717, 1.165) is 25.7 Å². The second-order valence-electron chi connectivity index (χ2n) is 2.76. The van der Waals surface area contributed by atoms with Crippen LogP contribution in [0.4, 0.5) is 0 Å². The monoisotopic (exact) mass is 168 g/mol. The SMILES string of the molecule is C#C[C@H](CCCCC)OC(C)=O. The normalized spacial score (nSPS) is 11.8. The van der Waals surface area contributed by atoms with E-state index < -0.39 is 0 Å². The first-order valence-corrected chi connectivity index (χ1v) is 4.34. The fourth-order valence-corrected chi connectivity index (χ4v) is 0.956. The highest BCUT2D eigenvalue weighted by molar-refractivity contribution is 5.66. The van der Waals surface area contributed by atoms with E-state index in [9.17, 15) is 4.79 Å². The number of rotatable bonds is 5. The number of hydrogen-bond acceptors (Lipinski definition) is 2. The van der Waals surface area contributed by atoms with E-state index in [0.29, 0.717) is 0 Å². The van der Waals surface area contributed by atoms with Crippen LogP contribution in [-0.2, 0) is 9.53 Å². The number of carbonyl (C=O) groups excluding carboxylic acids is 1. The molecule has 0 unspecified atom stereocenters. The van der Waals surface area contributed by atoms with Crippen molar-refractivity contribution in [1.82, 2.24) is 0 Å². The summed E-state index contributed by atoms with van der Waals surface area (Å²) in [4.78, 5) is 10.5. The average Bonchev–Trinajstić information content (AvgIpc) is 2.02. The van der Waals surface area contributed by atoms with Gasteiger partial charge in [0.15, 0.2) is 6.10 Å². The van der Waals surface area contributed by atoms with Crippen molar-refractivity contribution in [3.8, 4) is 12.3 Å². The minimum atomic E-state index is -0.325. The van der Waals surface area contributed by atoms with E-state index in [1.54, 1.807) is 0 Å². The number of unbranched alkanes of at least 4 members (excludes halogenated alkanes) is 2. The van der Waals surface area contributed by atoms with Gasteiger partial charge in [-0.25, -0.2) is 0 Å². The molecule has 2 nitrogen and oxygen atoms in total. The van der Waals surface area contributed by atoms with Gasteiger partial charge in [-0.1, -0.05) is 25.7 Å². The molecule has 0 N–H and O–H groups in total. The van der Waals surface area contributed by atoms with Crippen molar-refractivity contribution in [1.29, 1.82) is 0 Å². The van der Waals surface area contributed by atoms with Gasteiger partial charge < -0.3 is 4.74 Å². The number of ether oxygens (including phenoxy) is 1. The molecule has 0 aromatic carbocycles. The summed E-state index contributed by atoms with van der Waals surface area (Å²) in [7, 11) is 0. The maximum Gasteiger partial charge on any atom is 0.303 e. The van der Waals surface area contributed by atoms with Crippen LogP contribution in [0, 0.1) is 12.3 Å². The Morgan fingerprint density at radius 2 is 2.25 bits per heavy atom. The Hall–Kier alpha value is -0.970. The molecule has 1 atom stereocenters. The molecule has 2 heteroatoms. The summed E-state index contributed by atoms with van der Waals surface area (Å²) in [6, 6.07) is 0. The van der Waals surface area contributed by atoms with Gasteiger partial charge >= 0.3 is 5.97 Å². The average molecular weight is 168 g/mol. The van der Waals surface area contributed by atoms with Gasteiger partial charge in [-0.3, -0.25) is 4.79 Å². The minimum Gasteiger partial charge on any atom is -0.449 e. The van der Waals surface area contributed by atoms with Crippen molar-refractivity contribution in [2.75, 3.05) is 0 Å². The molecule has 0 aliphatic carbocycles. The molecule has 68 valence electrons. The predicted octanol–water partition coefficient (Wildman–Crippen LogP) is 2.13. The molecule has 0 aromatic heterocycles. The fourth-order valence-electron chi connectivity index (χ4n) is 0.956. The van der Waals surface area contributed by atoms with Crippen molar-refractivity contribution in [3.63, 3.8) is 0 Å². The summed E-state index contributed by atoms with van der Waals surface area (Å²) in [5, 5.41) is 0. The topological polar surface area (TPSA) is 26.3 Å². The van der Waals surface area contributed by atoms with E-state index in [4.69, 9.17) is 11.2 Å². The Kier molecular flexibility index (Phi) is 6.18. The van der Waals surface area contributed by atoms with Crippen LogP contribution in [0.2, 0.25) is 0 Å². The lowest BCUT2D eigenvalue weighted by Crippen LogP contribution is -2.13. The Morgan fingerprint density at radius 1 is 1.58 bits per heavy atom. The maximum absolute atomic E-state index is 10.5. The number of terminal acetylenes is 1. The van der Waals surface area contributed by atoms with E-state index in [1.165, 1.54) is 6.92 Å². The zero-order valence-corrected chi connectivity index (χ0v) is 7.80. The quantitative estimate of drug-likeness (QED) is 0.357. The Morgan fingerprint density at radius 3 is 2.67 bits per heavy atom. The molecule has 0 amide bonds. The third kappa shape index (κ3) is 5.79. The maximum atomic E-state index is 10.5. The van der Waals surface area contributed by atoms with Crippen LogP contribution < -0.4 is 0 Å². The fraction of sp³-hybridized carbons (Fsp3) is 0.700. The summed E-state index contributed by atoms with van der Waals surface area (Å²) in [5.74, 6) is 2.15. The van der Waals surface area contributed by atoms with Gasteiger partial charge in [-0.2, -0.15) is 0 Å². The van der Waals surface area contributed by atoms with Crippen LogP contribution in [-0.4, -0.2) is 12.1 Å². The Bertz CT molecular complexity index is 167. The van der Waals surface area contributed by atoms with E-state index in [1.807, 2.05) is 0 Å². The van der Waals surface area contributed by atoms with Crippen LogP contribution in [0.1, 0.15) is 39.5 Å². The van der Waals surface area contributed by atoms with Crippen LogP contribution in [0.25, 0.3) is 0 Å². The standard InChI is InChI=1S/C10H16O2/c1-4-6-7-8-10(5-2)12-9(3)11/h2,10H,4,6-8H2,1,3H3/t10-/m1/s1. The van der Waals surface area contributed by atoms with Crippen LogP contribution in [0.15, 0.2) is 0 Å². The highest BCUT2D eigenvalue weighted by Gasteiger charge is 2.06. The number of carbonyl (C=O) groups is 1. The first-order chi connectivity index (χ1) is 5.70. The molecule has 0 radical (unpaired) electrons. The van der Waals surface area contributed by atoms with Gasteiger partial charge in [-0.15, -0.1) is 6.42 Å². The number of hydrogen-bond donors (Lipinski definition) is 0. The predicted molar refractivity (Wildman–Crippen MR) is 48.5 cm³/mol. The summed E-state index contributed by atoms with van der Waals surface area (Å²) in [6.07, 6.45) is 8.95. The van der Waals surface area contributed by atoms with Crippen molar-refractivity contribution >= 4 is 5.97 Å². The first-order valence-electron chi connectivity index (χ1n) is 4.34. The highest BCUT2D eigenvalue weighted by atomic mass is 16.5. The molecule has 0 heterocycles. The zero-order chi connectivity index (χ0) is 9.40. The van der Waals surface area contributed by atoms with Crippen LogP contribution in [0.3, 0.4) is 0 Å². The van der Waals surface area contributed by atoms with E-state index in [-0.39, 0.29) is 12.1 Å². The van der Waals surface area contributed by atoms with Crippen molar-refractivity contribution in [2.24, 2.45) is 0 Å². The van der Waals surface area contributed by atoms with Crippen molar-refractivity contribution in [2.45, 2.75) is 45.6 Å². The molecule has 0 aliphatic rings. The third-order valence-corrected chi connectivity index (χ3v) is 1.56. The zero-order valence-electron chi connectivity index (χ0n) is 7.80. The molecule has 0 saturated carbocycles. The summed E-state index contributed by atoms with van der Waals surface area (Å²) < 4.78 is 4.87. The molecule has 0 saturated heterocycles. The van der Waals surface area contributed by atoms with Crippen LogP contribution >= 0.6 is 0 Å². The molecule has 0 bridgehead atoms. The van der Waals surface area contributed by atoms with Gasteiger partial charge in [0, 0.05) is 6.92 Å². The van der Waals surface area contributed by atoms with Gasteiger partial charge in [0.2, 0.25) is 0 Å². The van der Waals surface area contributed by atoms with E-state index >= 15 is 0 Å². The third-order valence-electron chi connectivity index (χ3n) is 1.56. The van der Waals surface area contributed by atoms with E-state index in [2.05, 4.69) is 12.8 Å². The Balaban J connectivity index is 3.55. The Labute approximate surface area is 74.3 Å². The van der Waals surface area contributed by atoms with Crippen LogP contribution in [0.5, 0.6) is 0 Å². The second-order valence-corrected chi connectivity index (χ2v) is 2.76. The van der Waals surface area contributed by atoms with Gasteiger partial charge in [0.05, 0.1) is 0 Å². The van der Waals surface area contributed by atoms with Gasteiger partial charge in [0.25, 0.3) is 0 Å². The second kappa shape index (κ2) is 6.72. The van der Waals surface area contributed by atoms with Crippen molar-refractivity contribution < 1.29 is 9.53 Å². The smallest absolute Gasteiger partial charge is 0.303 e. The van der Waals surface area contributed by atoms with Gasteiger partial charge in [0.1, 0.15) is 0 Å². The molecule has 0 aliphatic heterocycles. The molecular formula is C10H16O2. The lowest BCUT2D eigenvalue weighted by atomic mass is 10.1. The molecule has 0 fully saturated rings. The number of esters is 1. The highest BCUT2D eigenvalue weighted by Crippen LogP contribution is 2.05. The summed E-state index contributed by atoms with van der Waals surface area (Å²) in [6.45, 7) is 3.50. The molecule has 0 rings (SSSR count). The summed E-state index contributed by atoms with van der Waals surface area (Å²) >= 11 is 0. The lowest BCUT2D eigenvalue weighted by Gasteiger charge is -2.09. The molecule has 0 spiro atoms. The molecular weight excluding hydrogens is 152 g/mol. The minimum absolute atomic E-state index is 0.297. The van der Waals surface area contributed by atoms with Gasteiger partial charge in [-0.05, 0) is 12.8 Å². The first kappa shape index (κ1) is 11.0. The molecule has 0 aromatic rings. The largest absolute Gasteiger partial charge is 0.449 e. The molecule has 12 heavy (non-hydrogen) atoms. The summed E-state index contributed by atoms with van der Waals surface area (Å²) in [5.41, 5.74) is 0. The van der Waals surface area contributed by atoms with Crippen molar-refractivity contribution in [3.05, 3.63) is 0 Å².